The molecule has 0 aromatic heterocycles. The molecule has 0 unspecified atom stereocenters. The van der Waals surface area contributed by atoms with Crippen LogP contribution in [0, 0.1) is 0 Å². The number of hydrogen-bond acceptors (Lipinski definition) is 2. The quantitative estimate of drug-likeness (QED) is 0.600. The highest BCUT2D eigenvalue weighted by molar-refractivity contribution is 5.22. The summed E-state index contributed by atoms with van der Waals surface area (Å²) < 4.78 is 0. The molecule has 0 fully saturated rings. The Morgan fingerprint density at radius 1 is 1.45 bits per heavy atom. The van der Waals surface area contributed by atoms with Crippen molar-refractivity contribution in [3.8, 4) is 0 Å². The van der Waals surface area contributed by atoms with Crippen molar-refractivity contribution in [2.24, 2.45) is 0 Å². The lowest BCUT2D eigenvalue weighted by molar-refractivity contribution is 0.327. The maximum Gasteiger partial charge on any atom is 0.0661 e. The normalized spacial score (nSPS) is 15.3. The van der Waals surface area contributed by atoms with Gasteiger partial charge in [0.25, 0.3) is 0 Å². The van der Waals surface area contributed by atoms with Crippen molar-refractivity contribution in [2.45, 2.75) is 20.8 Å². The van der Waals surface area contributed by atoms with E-state index in [2.05, 4.69) is 5.32 Å². The van der Waals surface area contributed by atoms with E-state index in [-0.39, 0.29) is 6.61 Å². The number of dihydropyridines is 1. The molecule has 2 nitrogen and oxygen atoms in total. The molecule has 0 aliphatic carbocycles. The maximum absolute atomic E-state index is 8.64. The first-order chi connectivity index (χ1) is 5.33. The lowest BCUT2D eigenvalue weighted by Gasteiger charge is -2.11. The van der Waals surface area contributed by atoms with Crippen molar-refractivity contribution < 1.29 is 5.11 Å². The van der Waals surface area contributed by atoms with Crippen LogP contribution >= 0.6 is 0 Å². The molecular weight excluding hydrogens is 138 g/mol. The summed E-state index contributed by atoms with van der Waals surface area (Å²) >= 11 is 0. The van der Waals surface area contributed by atoms with Crippen LogP contribution < -0.4 is 5.32 Å². The highest BCUT2D eigenvalue weighted by Crippen LogP contribution is 2.00. The Hall–Kier alpha value is -0.760. The number of allylic oxidation sites excluding steroid dienone is 3. The molecular formula is C9H17NO. The van der Waals surface area contributed by atoms with Gasteiger partial charge in [-0.05, 0) is 18.6 Å². The Morgan fingerprint density at radius 2 is 2.09 bits per heavy atom. The molecule has 0 spiro atoms. The molecule has 1 heterocycles. The Bertz CT molecular complexity index is 159. The lowest BCUT2D eigenvalue weighted by Crippen LogP contribution is -2.19. The van der Waals surface area contributed by atoms with Gasteiger partial charge >= 0.3 is 0 Å². The zero-order chi connectivity index (χ0) is 8.69. The Balaban J connectivity index is 0.000000461. The van der Waals surface area contributed by atoms with Gasteiger partial charge in [-0.25, -0.2) is 0 Å². The molecule has 0 bridgehead atoms. The van der Waals surface area contributed by atoms with Crippen molar-refractivity contribution >= 4 is 0 Å². The summed E-state index contributed by atoms with van der Waals surface area (Å²) in [5.74, 6) is 0. The SMILES string of the molecule is CC.CC1=CC=C(CO)CN1. The molecule has 2 N–H and O–H groups in total. The van der Waals surface area contributed by atoms with E-state index in [4.69, 9.17) is 5.11 Å². The maximum atomic E-state index is 8.64. The lowest BCUT2D eigenvalue weighted by atomic mass is 10.2. The van der Waals surface area contributed by atoms with Crippen LogP contribution in [0.5, 0.6) is 0 Å². The third-order valence-corrected chi connectivity index (χ3v) is 1.37. The molecule has 0 amide bonds. The van der Waals surface area contributed by atoms with Crippen LogP contribution in [0.25, 0.3) is 0 Å². The average molecular weight is 155 g/mol. The van der Waals surface area contributed by atoms with Crippen molar-refractivity contribution in [2.75, 3.05) is 13.2 Å². The van der Waals surface area contributed by atoms with Crippen LogP contribution in [-0.2, 0) is 0 Å². The minimum absolute atomic E-state index is 0.163. The first-order valence-corrected chi connectivity index (χ1v) is 4.04. The highest BCUT2D eigenvalue weighted by Gasteiger charge is 1.98. The summed E-state index contributed by atoms with van der Waals surface area (Å²) in [6.07, 6.45) is 3.92. The van der Waals surface area contributed by atoms with Crippen LogP contribution in [0.1, 0.15) is 20.8 Å². The highest BCUT2D eigenvalue weighted by atomic mass is 16.3. The van der Waals surface area contributed by atoms with E-state index in [1.165, 1.54) is 0 Å². The fourth-order valence-corrected chi connectivity index (χ4v) is 0.722. The van der Waals surface area contributed by atoms with Gasteiger partial charge in [0.05, 0.1) is 6.61 Å². The molecule has 11 heavy (non-hydrogen) atoms. The Labute approximate surface area is 68.6 Å². The standard InChI is InChI=1S/C7H11NO.C2H6/c1-6-2-3-7(5-9)4-8-6;1-2/h2-3,8-9H,4-5H2,1H3;1-2H3. The molecule has 2 heteroatoms. The zero-order valence-corrected chi connectivity index (χ0v) is 7.52. The van der Waals surface area contributed by atoms with Gasteiger partial charge in [-0.15, -0.1) is 0 Å². The van der Waals surface area contributed by atoms with Gasteiger partial charge in [0.15, 0.2) is 0 Å². The second-order valence-electron chi connectivity index (χ2n) is 2.19. The number of aliphatic hydroxyl groups is 1. The van der Waals surface area contributed by atoms with Gasteiger partial charge in [-0.1, -0.05) is 19.9 Å². The van der Waals surface area contributed by atoms with Crippen LogP contribution in [-0.4, -0.2) is 18.3 Å². The smallest absolute Gasteiger partial charge is 0.0661 e. The Morgan fingerprint density at radius 3 is 2.45 bits per heavy atom. The molecule has 0 saturated carbocycles. The number of aliphatic hydroxyl groups excluding tert-OH is 1. The number of rotatable bonds is 1. The number of nitrogens with one attached hydrogen (secondary N) is 1. The Kier molecular flexibility index (Phi) is 5.57. The van der Waals surface area contributed by atoms with Crippen molar-refractivity contribution in [3.63, 3.8) is 0 Å². The van der Waals surface area contributed by atoms with Crippen molar-refractivity contribution in [1.29, 1.82) is 0 Å². The largest absolute Gasteiger partial charge is 0.392 e. The van der Waals surface area contributed by atoms with E-state index < -0.39 is 0 Å². The molecule has 1 aliphatic heterocycles. The van der Waals surface area contributed by atoms with Gasteiger partial charge in [0, 0.05) is 12.2 Å². The van der Waals surface area contributed by atoms with Crippen LogP contribution in [0.3, 0.4) is 0 Å². The summed E-state index contributed by atoms with van der Waals surface area (Å²) in [7, 11) is 0. The van der Waals surface area contributed by atoms with Crippen LogP contribution in [0.4, 0.5) is 0 Å². The van der Waals surface area contributed by atoms with Crippen molar-refractivity contribution in [1.82, 2.24) is 5.32 Å². The molecule has 64 valence electrons. The summed E-state index contributed by atoms with van der Waals surface area (Å²) in [6, 6.07) is 0. The van der Waals surface area contributed by atoms with E-state index in [0.29, 0.717) is 0 Å². The van der Waals surface area contributed by atoms with E-state index in [1.54, 1.807) is 0 Å². The summed E-state index contributed by atoms with van der Waals surface area (Å²) in [6.45, 7) is 6.96. The van der Waals surface area contributed by atoms with Crippen molar-refractivity contribution in [3.05, 3.63) is 23.4 Å². The molecule has 1 aliphatic rings. The molecule has 1 rings (SSSR count). The molecule has 0 atom stereocenters. The predicted octanol–water partition coefficient (Wildman–Crippen LogP) is 1.44. The first-order valence-electron chi connectivity index (χ1n) is 4.04. The summed E-state index contributed by atoms with van der Waals surface area (Å²) in [5.41, 5.74) is 2.20. The fraction of sp³-hybridized carbons (Fsp3) is 0.556. The summed E-state index contributed by atoms with van der Waals surface area (Å²) in [4.78, 5) is 0. The van der Waals surface area contributed by atoms with Gasteiger partial charge in [-0.2, -0.15) is 0 Å². The van der Waals surface area contributed by atoms with E-state index in [9.17, 15) is 0 Å². The fourth-order valence-electron chi connectivity index (χ4n) is 0.722. The zero-order valence-electron chi connectivity index (χ0n) is 7.52. The monoisotopic (exact) mass is 155 g/mol. The van der Waals surface area contributed by atoms with Gasteiger partial charge in [0.2, 0.25) is 0 Å². The predicted molar refractivity (Wildman–Crippen MR) is 48.3 cm³/mol. The van der Waals surface area contributed by atoms with Crippen LogP contribution in [0.2, 0.25) is 0 Å². The molecule has 0 aromatic carbocycles. The van der Waals surface area contributed by atoms with Crippen LogP contribution in [0.15, 0.2) is 23.4 Å². The van der Waals surface area contributed by atoms with Gasteiger partial charge < -0.3 is 10.4 Å². The average Bonchev–Trinajstić information content (AvgIpc) is 2.10. The second kappa shape index (κ2) is 5.98. The topological polar surface area (TPSA) is 32.3 Å². The van der Waals surface area contributed by atoms with Gasteiger partial charge in [-0.3, -0.25) is 0 Å². The van der Waals surface area contributed by atoms with E-state index in [0.717, 1.165) is 17.8 Å². The number of hydrogen-bond donors (Lipinski definition) is 2. The molecule has 0 saturated heterocycles. The third kappa shape index (κ3) is 3.83. The van der Waals surface area contributed by atoms with E-state index >= 15 is 0 Å². The third-order valence-electron chi connectivity index (χ3n) is 1.37. The molecule has 0 aromatic rings. The summed E-state index contributed by atoms with van der Waals surface area (Å²) in [5, 5.41) is 11.8. The minimum atomic E-state index is 0.163. The molecule has 0 radical (unpaired) electrons. The van der Waals surface area contributed by atoms with E-state index in [1.807, 2.05) is 32.9 Å². The van der Waals surface area contributed by atoms with Gasteiger partial charge in [0.1, 0.15) is 0 Å². The minimum Gasteiger partial charge on any atom is -0.392 e. The first kappa shape index (κ1) is 10.2. The second-order valence-corrected chi connectivity index (χ2v) is 2.19.